The van der Waals surface area contributed by atoms with Crippen LogP contribution in [0.4, 0.5) is 4.79 Å². The van der Waals surface area contributed by atoms with Gasteiger partial charge in [0, 0.05) is 7.05 Å². The molecule has 0 aliphatic carbocycles. The number of carbonyl (C=O) groups excluding carboxylic acids is 2. The second kappa shape index (κ2) is 7.41. The lowest BCUT2D eigenvalue weighted by Crippen LogP contribution is -2.41. The number of hydrogen-bond acceptors (Lipinski definition) is 4. The molecule has 5 heteroatoms. The summed E-state index contributed by atoms with van der Waals surface area (Å²) in [6, 6.07) is 8.69. The molecule has 0 aromatic heterocycles. The van der Waals surface area contributed by atoms with E-state index < -0.39 is 18.1 Å². The van der Waals surface area contributed by atoms with Crippen molar-refractivity contribution in [3.8, 4) is 0 Å². The Kier molecular flexibility index (Phi) is 5.85. The zero-order chi connectivity index (χ0) is 14.3. The van der Waals surface area contributed by atoms with Crippen LogP contribution in [-0.2, 0) is 20.9 Å². The van der Waals surface area contributed by atoms with Crippen LogP contribution in [0, 0.1) is 0 Å². The molecule has 0 aliphatic heterocycles. The largest absolute Gasteiger partial charge is 0.459 e. The molecule has 0 aliphatic rings. The lowest BCUT2D eigenvalue weighted by Gasteiger charge is -2.22. The number of benzene rings is 1. The van der Waals surface area contributed by atoms with Gasteiger partial charge in [-0.3, -0.25) is 4.90 Å². The molecule has 0 bridgehead atoms. The van der Waals surface area contributed by atoms with Crippen molar-refractivity contribution in [3.05, 3.63) is 35.9 Å². The zero-order valence-corrected chi connectivity index (χ0v) is 11.5. The second-order valence-corrected chi connectivity index (χ2v) is 4.08. The Morgan fingerprint density at radius 3 is 2.42 bits per heavy atom. The molecule has 1 amide bonds. The van der Waals surface area contributed by atoms with E-state index in [-0.39, 0.29) is 13.2 Å². The fourth-order valence-corrected chi connectivity index (χ4v) is 1.39. The first-order valence-corrected chi connectivity index (χ1v) is 6.16. The Labute approximate surface area is 113 Å². The molecule has 0 heterocycles. The third-order valence-electron chi connectivity index (χ3n) is 2.70. The molecule has 0 N–H and O–H groups in total. The number of esters is 1. The average molecular weight is 265 g/mol. The minimum absolute atomic E-state index is 0.195. The van der Waals surface area contributed by atoms with Crippen molar-refractivity contribution < 1.29 is 19.1 Å². The number of ether oxygens (including phenoxy) is 2. The predicted octanol–water partition coefficient (Wildman–Crippen LogP) is 2.21. The molecule has 1 atom stereocenters. The van der Waals surface area contributed by atoms with Gasteiger partial charge < -0.3 is 9.47 Å². The van der Waals surface area contributed by atoms with E-state index in [9.17, 15) is 9.59 Å². The molecule has 0 radical (unpaired) electrons. The number of likely N-dealkylation sites (N-methyl/N-ethyl adjacent to an activating group) is 1. The number of amides is 1. The molecule has 1 aromatic carbocycles. The summed E-state index contributed by atoms with van der Waals surface area (Å²) < 4.78 is 9.97. The van der Waals surface area contributed by atoms with Gasteiger partial charge in [-0.15, -0.1) is 0 Å². The van der Waals surface area contributed by atoms with Crippen LogP contribution >= 0.6 is 0 Å². The minimum Gasteiger partial charge on any atom is -0.459 e. The van der Waals surface area contributed by atoms with Crippen molar-refractivity contribution in [3.63, 3.8) is 0 Å². The molecule has 0 fully saturated rings. The zero-order valence-electron chi connectivity index (χ0n) is 11.5. The Morgan fingerprint density at radius 2 is 1.84 bits per heavy atom. The minimum atomic E-state index is -0.678. The highest BCUT2D eigenvalue weighted by atomic mass is 16.6. The standard InChI is InChI=1S/C14H19NO4/c1-4-18-14(17)15(3)11(2)13(16)19-10-12-8-6-5-7-9-12/h5-9,11H,4,10H2,1-3H3. The molecule has 19 heavy (non-hydrogen) atoms. The monoisotopic (exact) mass is 265 g/mol. The van der Waals surface area contributed by atoms with Gasteiger partial charge in [0.15, 0.2) is 0 Å². The molecule has 1 aromatic rings. The van der Waals surface area contributed by atoms with Crippen molar-refractivity contribution in [1.29, 1.82) is 0 Å². The van der Waals surface area contributed by atoms with Crippen LogP contribution < -0.4 is 0 Å². The van der Waals surface area contributed by atoms with Crippen LogP contribution in [-0.4, -0.2) is 36.7 Å². The topological polar surface area (TPSA) is 55.8 Å². The second-order valence-electron chi connectivity index (χ2n) is 4.08. The summed E-state index contributed by atoms with van der Waals surface area (Å²) in [5.74, 6) is -0.459. The van der Waals surface area contributed by atoms with Crippen molar-refractivity contribution in [2.45, 2.75) is 26.5 Å². The fraction of sp³-hybridized carbons (Fsp3) is 0.429. The molecule has 1 rings (SSSR count). The van der Waals surface area contributed by atoms with E-state index in [0.29, 0.717) is 0 Å². The summed E-state index contributed by atoms with van der Waals surface area (Å²) in [5.41, 5.74) is 0.904. The van der Waals surface area contributed by atoms with Crippen LogP contribution in [0.15, 0.2) is 30.3 Å². The molecule has 0 saturated heterocycles. The first kappa shape index (κ1) is 15.0. The van der Waals surface area contributed by atoms with Gasteiger partial charge in [-0.05, 0) is 19.4 Å². The van der Waals surface area contributed by atoms with Crippen molar-refractivity contribution in [2.75, 3.05) is 13.7 Å². The molecular formula is C14H19NO4. The van der Waals surface area contributed by atoms with Gasteiger partial charge >= 0.3 is 12.1 Å². The fourth-order valence-electron chi connectivity index (χ4n) is 1.39. The first-order valence-electron chi connectivity index (χ1n) is 6.16. The summed E-state index contributed by atoms with van der Waals surface area (Å²) in [6.45, 7) is 3.78. The van der Waals surface area contributed by atoms with Crippen LogP contribution in [0.5, 0.6) is 0 Å². The lowest BCUT2D eigenvalue weighted by molar-refractivity contribution is -0.149. The van der Waals surface area contributed by atoms with E-state index in [1.165, 1.54) is 11.9 Å². The van der Waals surface area contributed by atoms with Crippen LogP contribution in [0.1, 0.15) is 19.4 Å². The number of hydrogen-bond donors (Lipinski definition) is 0. The summed E-state index contributed by atoms with van der Waals surface area (Å²) >= 11 is 0. The van der Waals surface area contributed by atoms with Crippen LogP contribution in [0.25, 0.3) is 0 Å². The quantitative estimate of drug-likeness (QED) is 0.766. The SMILES string of the molecule is CCOC(=O)N(C)C(C)C(=O)OCc1ccccc1. The Bertz CT molecular complexity index is 419. The van der Waals surface area contributed by atoms with Gasteiger partial charge in [0.05, 0.1) is 6.61 Å². The van der Waals surface area contributed by atoms with Crippen LogP contribution in [0.2, 0.25) is 0 Å². The van der Waals surface area contributed by atoms with E-state index in [1.54, 1.807) is 13.8 Å². The molecule has 104 valence electrons. The van der Waals surface area contributed by atoms with Gasteiger partial charge in [0.1, 0.15) is 12.6 Å². The summed E-state index contributed by atoms with van der Waals surface area (Å²) in [5, 5.41) is 0. The van der Waals surface area contributed by atoms with E-state index in [0.717, 1.165) is 5.56 Å². The predicted molar refractivity (Wildman–Crippen MR) is 70.5 cm³/mol. The number of nitrogens with zero attached hydrogens (tertiary/aromatic N) is 1. The maximum atomic E-state index is 11.8. The average Bonchev–Trinajstić information content (AvgIpc) is 2.44. The van der Waals surface area contributed by atoms with Gasteiger partial charge in [0.2, 0.25) is 0 Å². The Hall–Kier alpha value is -2.04. The third-order valence-corrected chi connectivity index (χ3v) is 2.70. The molecular weight excluding hydrogens is 246 g/mol. The molecule has 1 unspecified atom stereocenters. The normalized spacial score (nSPS) is 11.5. The van der Waals surface area contributed by atoms with Crippen molar-refractivity contribution >= 4 is 12.1 Å². The molecule has 0 saturated carbocycles. The maximum absolute atomic E-state index is 11.8. The van der Waals surface area contributed by atoms with Crippen LogP contribution in [0.3, 0.4) is 0 Å². The third kappa shape index (κ3) is 4.62. The smallest absolute Gasteiger partial charge is 0.410 e. The highest BCUT2D eigenvalue weighted by Crippen LogP contribution is 2.05. The maximum Gasteiger partial charge on any atom is 0.410 e. The van der Waals surface area contributed by atoms with Gasteiger partial charge in [-0.25, -0.2) is 9.59 Å². The number of rotatable bonds is 5. The summed E-state index contributed by atoms with van der Waals surface area (Å²) in [4.78, 5) is 24.5. The molecule has 5 nitrogen and oxygen atoms in total. The van der Waals surface area contributed by atoms with Gasteiger partial charge in [-0.2, -0.15) is 0 Å². The van der Waals surface area contributed by atoms with Crippen molar-refractivity contribution in [2.24, 2.45) is 0 Å². The van der Waals surface area contributed by atoms with E-state index in [2.05, 4.69) is 0 Å². The lowest BCUT2D eigenvalue weighted by atomic mass is 10.2. The molecule has 0 spiro atoms. The first-order chi connectivity index (χ1) is 9.06. The van der Waals surface area contributed by atoms with E-state index in [4.69, 9.17) is 9.47 Å². The van der Waals surface area contributed by atoms with E-state index >= 15 is 0 Å². The Morgan fingerprint density at radius 1 is 1.21 bits per heavy atom. The Balaban J connectivity index is 2.46. The summed E-state index contributed by atoms with van der Waals surface area (Å²) in [6.07, 6.45) is -0.535. The summed E-state index contributed by atoms with van der Waals surface area (Å²) in [7, 11) is 1.51. The highest BCUT2D eigenvalue weighted by Gasteiger charge is 2.24. The van der Waals surface area contributed by atoms with Gasteiger partial charge in [-0.1, -0.05) is 30.3 Å². The van der Waals surface area contributed by atoms with Gasteiger partial charge in [0.25, 0.3) is 0 Å². The number of carbonyl (C=O) groups is 2. The highest BCUT2D eigenvalue weighted by molar-refractivity contribution is 5.80. The van der Waals surface area contributed by atoms with Crippen molar-refractivity contribution in [1.82, 2.24) is 4.90 Å². The van der Waals surface area contributed by atoms with E-state index in [1.807, 2.05) is 30.3 Å².